The van der Waals surface area contributed by atoms with Gasteiger partial charge in [-0.3, -0.25) is 19.5 Å². The van der Waals surface area contributed by atoms with Crippen LogP contribution >= 0.6 is 12.2 Å². The Hall–Kier alpha value is -4.20. The van der Waals surface area contributed by atoms with E-state index in [2.05, 4.69) is 15.1 Å². The van der Waals surface area contributed by atoms with Gasteiger partial charge in [0.25, 0.3) is 11.8 Å². The summed E-state index contributed by atoms with van der Waals surface area (Å²) >= 11 is 5.76. The third-order valence-electron chi connectivity index (χ3n) is 6.60. The van der Waals surface area contributed by atoms with E-state index in [1.807, 2.05) is 0 Å². The van der Waals surface area contributed by atoms with Crippen LogP contribution in [-0.4, -0.2) is 40.7 Å². The van der Waals surface area contributed by atoms with Crippen LogP contribution in [0.5, 0.6) is 0 Å². The molecule has 2 amide bonds. The van der Waals surface area contributed by atoms with Gasteiger partial charge < -0.3 is 15.0 Å². The minimum absolute atomic E-state index is 0.0298. The fraction of sp³-hybridized carbons (Fsp3) is 0.222. The zero-order valence-corrected chi connectivity index (χ0v) is 20.7. The van der Waals surface area contributed by atoms with Gasteiger partial charge in [0.15, 0.2) is 16.3 Å². The smallest absolute Gasteiger partial charge is 0.270 e. The molecule has 2 aliphatic rings. The number of pyridine rings is 1. The monoisotopic (exact) mass is 515 g/mol. The number of halogens is 1. The molecule has 1 unspecified atom stereocenters. The largest absolute Gasteiger partial charge is 0.378 e. The van der Waals surface area contributed by atoms with Crippen LogP contribution in [0.25, 0.3) is 4.85 Å². The number of benzene rings is 2. The van der Waals surface area contributed by atoms with Crippen molar-refractivity contribution in [3.63, 3.8) is 0 Å². The predicted molar refractivity (Wildman–Crippen MR) is 140 cm³/mol. The lowest BCUT2D eigenvalue weighted by molar-refractivity contribution is -0.121. The Morgan fingerprint density at radius 2 is 2.05 bits per heavy atom. The summed E-state index contributed by atoms with van der Waals surface area (Å²) in [6.07, 6.45) is 1.90. The molecule has 2 aromatic carbocycles. The third-order valence-corrected chi connectivity index (χ3v) is 6.97. The third kappa shape index (κ3) is 4.22. The van der Waals surface area contributed by atoms with Crippen molar-refractivity contribution in [1.29, 1.82) is 0 Å². The Bertz CT molecular complexity index is 1450. The number of carbonyl (C=O) groups is 2. The molecule has 5 rings (SSSR count). The lowest BCUT2D eigenvalue weighted by Gasteiger charge is -2.31. The van der Waals surface area contributed by atoms with Gasteiger partial charge in [-0.1, -0.05) is 18.2 Å². The molecule has 1 N–H and O–H groups in total. The number of nitrogens with zero attached hydrogens (tertiary/aromatic N) is 4. The molecular formula is C27H22FN5O3S. The molecule has 37 heavy (non-hydrogen) atoms. The van der Waals surface area contributed by atoms with E-state index < -0.39 is 17.3 Å². The van der Waals surface area contributed by atoms with Gasteiger partial charge in [-0.2, -0.15) is 0 Å². The second-order valence-electron chi connectivity index (χ2n) is 8.85. The molecule has 10 heteroatoms. The Morgan fingerprint density at radius 1 is 1.24 bits per heavy atom. The fourth-order valence-corrected chi connectivity index (χ4v) is 5.11. The summed E-state index contributed by atoms with van der Waals surface area (Å²) in [7, 11) is 0. The number of anilines is 2. The van der Waals surface area contributed by atoms with Crippen molar-refractivity contribution in [1.82, 2.24) is 10.3 Å². The zero-order chi connectivity index (χ0) is 26.2. The van der Waals surface area contributed by atoms with E-state index in [0.29, 0.717) is 30.1 Å². The van der Waals surface area contributed by atoms with Crippen molar-refractivity contribution in [2.24, 2.45) is 0 Å². The van der Waals surface area contributed by atoms with Gasteiger partial charge in [-0.25, -0.2) is 9.24 Å². The quantitative estimate of drug-likeness (QED) is 0.403. The number of amides is 2. The molecule has 1 atom stereocenters. The van der Waals surface area contributed by atoms with Crippen LogP contribution in [0.4, 0.5) is 21.5 Å². The van der Waals surface area contributed by atoms with Crippen molar-refractivity contribution < 1.29 is 18.7 Å². The number of carbonyl (C=O) groups excluding carboxylic acids is 2. The second kappa shape index (κ2) is 9.69. The zero-order valence-electron chi connectivity index (χ0n) is 19.9. The van der Waals surface area contributed by atoms with Crippen LogP contribution in [0.2, 0.25) is 0 Å². The van der Waals surface area contributed by atoms with Gasteiger partial charge in [0.1, 0.15) is 11.5 Å². The highest BCUT2D eigenvalue weighted by Gasteiger charge is 2.58. The predicted octanol–water partition coefficient (Wildman–Crippen LogP) is 4.31. The molecule has 0 radical (unpaired) electrons. The van der Waals surface area contributed by atoms with Crippen LogP contribution in [0.3, 0.4) is 0 Å². The highest BCUT2D eigenvalue weighted by Crippen LogP contribution is 2.42. The minimum Gasteiger partial charge on any atom is -0.378 e. The highest BCUT2D eigenvalue weighted by molar-refractivity contribution is 7.81. The maximum Gasteiger partial charge on any atom is 0.270 e. The van der Waals surface area contributed by atoms with Crippen LogP contribution < -0.4 is 15.1 Å². The first kappa shape index (κ1) is 24.5. The summed E-state index contributed by atoms with van der Waals surface area (Å²) in [4.78, 5) is 36.6. The highest BCUT2D eigenvalue weighted by atomic mass is 32.1. The van der Waals surface area contributed by atoms with Crippen LogP contribution in [0.15, 0.2) is 60.8 Å². The molecule has 2 aliphatic heterocycles. The molecule has 0 bridgehead atoms. The SMILES string of the molecule is [C-]#[N+]c1ccc(N2C(=O)C3(CCOC3)N(c3ccc(CNC(=O)c4ccccn4)c(F)c3)C2=S)cc1C. The first-order chi connectivity index (χ1) is 17.9. The summed E-state index contributed by atoms with van der Waals surface area (Å²) in [5.41, 5.74) is 1.60. The Labute approximate surface area is 218 Å². The summed E-state index contributed by atoms with van der Waals surface area (Å²) in [6, 6.07) is 14.6. The number of rotatable bonds is 5. The van der Waals surface area contributed by atoms with Gasteiger partial charge in [-0.05, 0) is 61.1 Å². The van der Waals surface area contributed by atoms with Gasteiger partial charge in [0.05, 0.1) is 13.2 Å². The summed E-state index contributed by atoms with van der Waals surface area (Å²) in [5, 5.41) is 2.88. The first-order valence-electron chi connectivity index (χ1n) is 11.6. The van der Waals surface area contributed by atoms with Crippen molar-refractivity contribution >= 4 is 46.2 Å². The number of hydrogen-bond acceptors (Lipinski definition) is 5. The van der Waals surface area contributed by atoms with E-state index in [0.717, 1.165) is 5.56 Å². The van der Waals surface area contributed by atoms with Gasteiger partial charge in [0, 0.05) is 42.7 Å². The number of thiocarbonyl (C=S) groups is 1. The van der Waals surface area contributed by atoms with E-state index in [1.165, 1.54) is 17.2 Å². The topological polar surface area (TPSA) is 79.1 Å². The van der Waals surface area contributed by atoms with E-state index in [-0.39, 0.29) is 35.4 Å². The lowest BCUT2D eigenvalue weighted by Crippen LogP contribution is -2.50. The number of aryl methyl sites for hydroxylation is 1. The van der Waals surface area contributed by atoms with Crippen molar-refractivity contribution in [3.8, 4) is 0 Å². The van der Waals surface area contributed by atoms with Gasteiger partial charge in [-0.15, -0.1) is 0 Å². The number of ether oxygens (including phenoxy) is 1. The average Bonchev–Trinajstić information content (AvgIpc) is 3.47. The first-order valence-corrected chi connectivity index (χ1v) is 12.0. The van der Waals surface area contributed by atoms with E-state index in [9.17, 15) is 9.59 Å². The molecule has 3 aromatic rings. The molecule has 8 nitrogen and oxygen atoms in total. The summed E-state index contributed by atoms with van der Waals surface area (Å²) < 4.78 is 20.8. The minimum atomic E-state index is -1.09. The van der Waals surface area contributed by atoms with E-state index in [1.54, 1.807) is 60.4 Å². The van der Waals surface area contributed by atoms with Crippen LogP contribution in [0.1, 0.15) is 28.0 Å². The maximum atomic E-state index is 15.2. The van der Waals surface area contributed by atoms with E-state index in [4.69, 9.17) is 23.5 Å². The van der Waals surface area contributed by atoms with Crippen molar-refractivity contribution in [3.05, 3.63) is 94.8 Å². The molecular weight excluding hydrogens is 493 g/mol. The molecule has 1 spiro atoms. The average molecular weight is 516 g/mol. The Kier molecular flexibility index (Phi) is 6.41. The van der Waals surface area contributed by atoms with Crippen molar-refractivity contribution in [2.45, 2.75) is 25.4 Å². The second-order valence-corrected chi connectivity index (χ2v) is 9.21. The van der Waals surface area contributed by atoms with Crippen LogP contribution in [-0.2, 0) is 16.1 Å². The Morgan fingerprint density at radius 3 is 2.70 bits per heavy atom. The van der Waals surface area contributed by atoms with Gasteiger partial charge in [0.2, 0.25) is 0 Å². The van der Waals surface area contributed by atoms with Crippen molar-refractivity contribution in [2.75, 3.05) is 23.0 Å². The van der Waals surface area contributed by atoms with E-state index >= 15 is 4.39 Å². The molecule has 186 valence electrons. The molecule has 2 saturated heterocycles. The normalized spacial score (nSPS) is 18.9. The molecule has 2 fully saturated rings. The molecule has 0 aliphatic carbocycles. The molecule has 1 aromatic heterocycles. The Balaban J connectivity index is 1.44. The standard InChI is InChI=1S/C27H22FN5O3S/c1-17-13-19(8-9-22(17)29-2)32-25(35)27(10-12-36-16-27)33(26(32)37)20-7-6-18(21(28)14-20)15-31-24(34)23-5-3-4-11-30-23/h3-9,11,13-14H,10,12,15-16H2,1H3,(H,31,34). The lowest BCUT2D eigenvalue weighted by atomic mass is 9.95. The maximum absolute atomic E-state index is 15.2. The summed E-state index contributed by atoms with van der Waals surface area (Å²) in [5.74, 6) is -1.21. The van der Waals surface area contributed by atoms with Crippen LogP contribution in [0, 0.1) is 19.3 Å². The number of aromatic nitrogens is 1. The fourth-order valence-electron chi connectivity index (χ4n) is 4.64. The molecule has 0 saturated carbocycles. The number of hydrogen-bond donors (Lipinski definition) is 1. The number of nitrogens with one attached hydrogen (secondary N) is 1. The summed E-state index contributed by atoms with van der Waals surface area (Å²) in [6.45, 7) is 9.54. The van der Waals surface area contributed by atoms with Gasteiger partial charge >= 0.3 is 0 Å². The molecule has 3 heterocycles.